The number of hydrogen-bond acceptors (Lipinski definition) is 10. The van der Waals surface area contributed by atoms with Crippen molar-refractivity contribution in [2.24, 2.45) is 0 Å². The van der Waals surface area contributed by atoms with Crippen LogP contribution in [-0.2, 0) is 47.7 Å². The van der Waals surface area contributed by atoms with Gasteiger partial charge in [-0.2, -0.15) is 0 Å². The molecule has 0 aromatic carbocycles. The molecule has 43 heavy (non-hydrogen) atoms. The highest BCUT2D eigenvalue weighted by Gasteiger charge is 2.52. The van der Waals surface area contributed by atoms with Crippen LogP contribution in [0.1, 0.15) is 137 Å². The van der Waals surface area contributed by atoms with Crippen LogP contribution in [-0.4, -0.2) is 67.0 Å². The molecule has 0 aromatic rings. The monoisotopic (exact) mass is 613 g/mol. The number of esters is 4. The summed E-state index contributed by atoms with van der Waals surface area (Å²) < 4.78 is 27.0. The molecule has 1 heterocycles. The zero-order chi connectivity index (χ0) is 32.0. The third-order valence-corrected chi connectivity index (χ3v) is 7.32. The Balaban J connectivity index is 2.57. The Morgan fingerprint density at radius 3 is 1.47 bits per heavy atom. The molecule has 0 spiro atoms. The highest BCUT2D eigenvalue weighted by atomic mass is 16.7. The predicted octanol–water partition coefficient (Wildman–Crippen LogP) is 5.45. The lowest BCUT2D eigenvalue weighted by atomic mass is 9.95. The van der Waals surface area contributed by atoms with Crippen molar-refractivity contribution in [2.45, 2.75) is 168 Å². The number of nitrogens with one attached hydrogen (secondary N) is 1. The topological polar surface area (TPSA) is 144 Å². The standard InChI is InChI=1S/C32H55NO10/c1-6-7-8-9-10-11-12-13-14-15-16-17-18-19-20-21-28(38)33-29-31(41-25(4)36)30(40-24(3)35)27(22-39-23(2)34)43-32(29)42-26(5)37/h27,29-32H,6-22H2,1-5H3,(H,33,38). The van der Waals surface area contributed by atoms with E-state index in [0.717, 1.165) is 40.0 Å². The molecule has 0 aromatic heterocycles. The lowest BCUT2D eigenvalue weighted by molar-refractivity contribution is -0.271. The Kier molecular flexibility index (Phi) is 20.3. The van der Waals surface area contributed by atoms with Gasteiger partial charge < -0.3 is 29.0 Å². The van der Waals surface area contributed by atoms with Crippen molar-refractivity contribution in [3.63, 3.8) is 0 Å². The van der Waals surface area contributed by atoms with Crippen LogP contribution in [0.5, 0.6) is 0 Å². The summed E-state index contributed by atoms with van der Waals surface area (Å²) in [5.74, 6) is -3.08. The first kappa shape index (κ1) is 38.3. The summed E-state index contributed by atoms with van der Waals surface area (Å²) in [6.45, 7) is 6.57. The first-order valence-corrected chi connectivity index (χ1v) is 16.1. The molecular formula is C32H55NO10. The highest BCUT2D eigenvalue weighted by Crippen LogP contribution is 2.28. The van der Waals surface area contributed by atoms with Gasteiger partial charge in [0.1, 0.15) is 18.8 Å². The van der Waals surface area contributed by atoms with Gasteiger partial charge in [0.15, 0.2) is 12.2 Å². The minimum Gasteiger partial charge on any atom is -0.463 e. The number of carbonyl (C=O) groups excluding carboxylic acids is 5. The average molecular weight is 614 g/mol. The summed E-state index contributed by atoms with van der Waals surface area (Å²) in [6.07, 6.45) is 13.4. The second kappa shape index (κ2) is 22.8. The zero-order valence-corrected chi connectivity index (χ0v) is 27.0. The highest BCUT2D eigenvalue weighted by molar-refractivity contribution is 5.76. The van der Waals surface area contributed by atoms with E-state index in [-0.39, 0.29) is 18.9 Å². The van der Waals surface area contributed by atoms with Gasteiger partial charge in [0.05, 0.1) is 0 Å². The van der Waals surface area contributed by atoms with Gasteiger partial charge in [-0.25, -0.2) is 0 Å². The van der Waals surface area contributed by atoms with Gasteiger partial charge in [0.25, 0.3) is 0 Å². The summed E-state index contributed by atoms with van der Waals surface area (Å²) in [6, 6.07) is -1.16. The third kappa shape index (κ3) is 17.9. The zero-order valence-electron chi connectivity index (χ0n) is 27.0. The van der Waals surface area contributed by atoms with Crippen LogP contribution in [0.25, 0.3) is 0 Å². The van der Waals surface area contributed by atoms with Gasteiger partial charge in [-0.05, 0) is 6.42 Å². The van der Waals surface area contributed by atoms with Gasteiger partial charge in [-0.1, -0.05) is 96.8 Å². The number of ether oxygens (including phenoxy) is 5. The molecule has 0 radical (unpaired) electrons. The average Bonchev–Trinajstić information content (AvgIpc) is 2.92. The number of rotatable bonds is 22. The Hall–Kier alpha value is -2.69. The molecule has 5 unspecified atom stereocenters. The van der Waals surface area contributed by atoms with Gasteiger partial charge in [0.2, 0.25) is 12.2 Å². The van der Waals surface area contributed by atoms with Crippen molar-refractivity contribution in [3.8, 4) is 0 Å². The predicted molar refractivity (Wildman–Crippen MR) is 160 cm³/mol. The molecule has 5 atom stereocenters. The summed E-state index contributed by atoms with van der Waals surface area (Å²) >= 11 is 0. The number of amides is 1. The second-order valence-corrected chi connectivity index (χ2v) is 11.4. The molecule has 1 N–H and O–H groups in total. The van der Waals surface area contributed by atoms with E-state index in [9.17, 15) is 24.0 Å². The van der Waals surface area contributed by atoms with E-state index in [2.05, 4.69) is 12.2 Å². The molecule has 11 heteroatoms. The largest absolute Gasteiger partial charge is 0.463 e. The SMILES string of the molecule is CCCCCCCCCCCCCCCCCC(=O)NC1C(OC(C)=O)OC(COC(C)=O)C(OC(C)=O)C1OC(C)=O. The molecule has 1 fully saturated rings. The van der Waals surface area contributed by atoms with E-state index in [0.29, 0.717) is 6.42 Å². The van der Waals surface area contributed by atoms with E-state index < -0.39 is 54.5 Å². The number of unbranched alkanes of at least 4 members (excludes halogenated alkanes) is 14. The summed E-state index contributed by atoms with van der Waals surface area (Å²) in [4.78, 5) is 60.0. The molecule has 1 saturated heterocycles. The molecule has 1 rings (SSSR count). The van der Waals surface area contributed by atoms with Crippen LogP contribution in [0, 0.1) is 0 Å². The molecule has 11 nitrogen and oxygen atoms in total. The van der Waals surface area contributed by atoms with E-state index in [1.165, 1.54) is 77.6 Å². The molecule has 0 bridgehead atoms. The second-order valence-electron chi connectivity index (χ2n) is 11.4. The normalized spacial score (nSPS) is 21.5. The van der Waals surface area contributed by atoms with Gasteiger partial charge in [-0.15, -0.1) is 0 Å². The van der Waals surface area contributed by atoms with E-state index >= 15 is 0 Å². The summed E-state index contributed by atoms with van der Waals surface area (Å²) in [5, 5.41) is 2.75. The van der Waals surface area contributed by atoms with Gasteiger partial charge >= 0.3 is 23.9 Å². The molecule has 0 saturated carbocycles. The van der Waals surface area contributed by atoms with Gasteiger partial charge in [0, 0.05) is 34.1 Å². The molecule has 248 valence electrons. The van der Waals surface area contributed by atoms with Crippen molar-refractivity contribution >= 4 is 29.8 Å². The van der Waals surface area contributed by atoms with Crippen LogP contribution in [0.3, 0.4) is 0 Å². The third-order valence-electron chi connectivity index (χ3n) is 7.32. The Morgan fingerprint density at radius 1 is 0.581 bits per heavy atom. The maximum absolute atomic E-state index is 12.9. The van der Waals surface area contributed by atoms with E-state index in [1.54, 1.807) is 0 Å². The lowest BCUT2D eigenvalue weighted by Crippen LogP contribution is -2.67. The Morgan fingerprint density at radius 2 is 1.02 bits per heavy atom. The van der Waals surface area contributed by atoms with E-state index in [4.69, 9.17) is 23.7 Å². The Labute approximate surface area is 257 Å². The Bertz CT molecular complexity index is 848. The van der Waals surface area contributed by atoms with Crippen molar-refractivity contribution in [1.82, 2.24) is 5.32 Å². The number of hydrogen-bond donors (Lipinski definition) is 1. The molecular weight excluding hydrogens is 558 g/mol. The van der Waals surface area contributed by atoms with Crippen LogP contribution in [0.2, 0.25) is 0 Å². The van der Waals surface area contributed by atoms with Gasteiger partial charge in [-0.3, -0.25) is 24.0 Å². The molecule has 1 aliphatic heterocycles. The smallest absolute Gasteiger partial charge is 0.305 e. The van der Waals surface area contributed by atoms with Crippen molar-refractivity contribution in [3.05, 3.63) is 0 Å². The first-order chi connectivity index (χ1) is 20.5. The van der Waals surface area contributed by atoms with Crippen LogP contribution < -0.4 is 5.32 Å². The minimum absolute atomic E-state index is 0.212. The molecule has 1 amide bonds. The fourth-order valence-corrected chi connectivity index (χ4v) is 5.24. The van der Waals surface area contributed by atoms with Crippen molar-refractivity contribution in [1.29, 1.82) is 0 Å². The fourth-order valence-electron chi connectivity index (χ4n) is 5.24. The summed E-state index contributed by atoms with van der Waals surface area (Å²) in [5.41, 5.74) is 0. The number of carbonyl (C=O) groups is 5. The quantitative estimate of drug-likeness (QED) is 0.0951. The summed E-state index contributed by atoms with van der Waals surface area (Å²) in [7, 11) is 0. The minimum atomic E-state index is -1.38. The van der Waals surface area contributed by atoms with Crippen molar-refractivity contribution < 1.29 is 47.7 Å². The molecule has 1 aliphatic rings. The first-order valence-electron chi connectivity index (χ1n) is 16.1. The van der Waals surface area contributed by atoms with Crippen LogP contribution in [0.15, 0.2) is 0 Å². The van der Waals surface area contributed by atoms with Crippen LogP contribution in [0.4, 0.5) is 0 Å². The molecule has 0 aliphatic carbocycles. The maximum Gasteiger partial charge on any atom is 0.305 e. The van der Waals surface area contributed by atoms with E-state index in [1.807, 2.05) is 0 Å². The lowest BCUT2D eigenvalue weighted by Gasteiger charge is -2.44. The van der Waals surface area contributed by atoms with Crippen LogP contribution >= 0.6 is 0 Å². The van der Waals surface area contributed by atoms with Crippen molar-refractivity contribution in [2.75, 3.05) is 6.61 Å². The fraction of sp³-hybridized carbons (Fsp3) is 0.844. The maximum atomic E-state index is 12.9.